The molecular weight excluding hydrogens is 240 g/mol. The van der Waals surface area contributed by atoms with E-state index in [0.29, 0.717) is 5.69 Å². The van der Waals surface area contributed by atoms with Gasteiger partial charge in [0.1, 0.15) is 0 Å². The SMILES string of the molecule is Nc1ccc(S(=O)(=O)c2ccnc(N)n2)cc1. The Bertz CT molecular complexity index is 638. The molecule has 0 aliphatic heterocycles. The number of aromatic nitrogens is 2. The van der Waals surface area contributed by atoms with Crippen LogP contribution in [0.15, 0.2) is 46.5 Å². The maximum atomic E-state index is 12.1. The molecule has 0 atom stereocenters. The molecule has 17 heavy (non-hydrogen) atoms. The van der Waals surface area contributed by atoms with Crippen LogP contribution in [0.5, 0.6) is 0 Å². The highest BCUT2D eigenvalue weighted by Gasteiger charge is 2.19. The van der Waals surface area contributed by atoms with Crippen molar-refractivity contribution in [2.45, 2.75) is 9.92 Å². The van der Waals surface area contributed by atoms with Gasteiger partial charge in [-0.2, -0.15) is 0 Å². The monoisotopic (exact) mass is 250 g/mol. The number of nitrogens with two attached hydrogens (primary N) is 2. The molecule has 0 aliphatic rings. The maximum absolute atomic E-state index is 12.1. The van der Waals surface area contributed by atoms with E-state index >= 15 is 0 Å². The largest absolute Gasteiger partial charge is 0.399 e. The van der Waals surface area contributed by atoms with Crippen LogP contribution in [-0.2, 0) is 9.84 Å². The van der Waals surface area contributed by atoms with Gasteiger partial charge in [-0.25, -0.2) is 18.4 Å². The number of nitrogen functional groups attached to an aromatic ring is 2. The van der Waals surface area contributed by atoms with Gasteiger partial charge < -0.3 is 11.5 Å². The van der Waals surface area contributed by atoms with Crippen molar-refractivity contribution in [2.24, 2.45) is 0 Å². The number of hydrogen-bond acceptors (Lipinski definition) is 6. The average Bonchev–Trinajstić information content (AvgIpc) is 2.29. The van der Waals surface area contributed by atoms with Gasteiger partial charge in [0.2, 0.25) is 15.8 Å². The lowest BCUT2D eigenvalue weighted by molar-refractivity contribution is 0.592. The van der Waals surface area contributed by atoms with Crippen molar-refractivity contribution in [3.63, 3.8) is 0 Å². The van der Waals surface area contributed by atoms with Crippen LogP contribution in [0.1, 0.15) is 0 Å². The Morgan fingerprint density at radius 3 is 2.24 bits per heavy atom. The van der Waals surface area contributed by atoms with E-state index in [9.17, 15) is 8.42 Å². The minimum absolute atomic E-state index is 0.0819. The normalized spacial score (nSPS) is 11.3. The fourth-order valence-corrected chi connectivity index (χ4v) is 2.46. The summed E-state index contributed by atoms with van der Waals surface area (Å²) in [7, 11) is -3.66. The molecule has 6 nitrogen and oxygen atoms in total. The summed E-state index contributed by atoms with van der Waals surface area (Å²) in [5.41, 5.74) is 11.3. The van der Waals surface area contributed by atoms with Crippen molar-refractivity contribution in [3.05, 3.63) is 36.5 Å². The minimum atomic E-state index is -3.66. The molecule has 0 radical (unpaired) electrons. The van der Waals surface area contributed by atoms with E-state index in [1.807, 2.05) is 0 Å². The highest BCUT2D eigenvalue weighted by Crippen LogP contribution is 2.19. The zero-order chi connectivity index (χ0) is 12.5. The number of anilines is 2. The molecule has 4 N–H and O–H groups in total. The predicted molar refractivity (Wildman–Crippen MR) is 62.8 cm³/mol. The summed E-state index contributed by atoms with van der Waals surface area (Å²) in [5.74, 6) is -0.0819. The van der Waals surface area contributed by atoms with Gasteiger partial charge in [-0.1, -0.05) is 0 Å². The molecule has 7 heteroatoms. The Kier molecular flexibility index (Phi) is 2.68. The minimum Gasteiger partial charge on any atom is -0.399 e. The van der Waals surface area contributed by atoms with Gasteiger partial charge >= 0.3 is 0 Å². The molecule has 0 saturated heterocycles. The molecule has 88 valence electrons. The van der Waals surface area contributed by atoms with Gasteiger partial charge in [0.15, 0.2) is 5.03 Å². The first-order valence-electron chi connectivity index (χ1n) is 4.69. The van der Waals surface area contributed by atoms with Crippen LogP contribution in [0.4, 0.5) is 11.6 Å². The molecule has 1 aromatic heterocycles. The van der Waals surface area contributed by atoms with Gasteiger partial charge in [0, 0.05) is 11.9 Å². The van der Waals surface area contributed by atoms with Gasteiger partial charge in [0.05, 0.1) is 4.90 Å². The molecule has 2 rings (SSSR count). The van der Waals surface area contributed by atoms with Gasteiger partial charge in [-0.15, -0.1) is 0 Å². The number of hydrogen-bond donors (Lipinski definition) is 2. The molecule has 0 spiro atoms. The Morgan fingerprint density at radius 2 is 1.65 bits per heavy atom. The fraction of sp³-hybridized carbons (Fsp3) is 0. The second kappa shape index (κ2) is 4.02. The zero-order valence-electron chi connectivity index (χ0n) is 8.74. The third kappa shape index (κ3) is 2.18. The summed E-state index contributed by atoms with van der Waals surface area (Å²) in [4.78, 5) is 7.45. The maximum Gasteiger partial charge on any atom is 0.224 e. The van der Waals surface area contributed by atoms with E-state index in [0.717, 1.165) is 0 Å². The summed E-state index contributed by atoms with van der Waals surface area (Å²) >= 11 is 0. The molecule has 1 aromatic carbocycles. The molecule has 0 bridgehead atoms. The van der Waals surface area contributed by atoms with E-state index in [-0.39, 0.29) is 15.9 Å². The van der Waals surface area contributed by atoms with Crippen LogP contribution in [0, 0.1) is 0 Å². The first-order chi connectivity index (χ1) is 8.00. The van der Waals surface area contributed by atoms with E-state index in [1.54, 1.807) is 0 Å². The van der Waals surface area contributed by atoms with Crippen LogP contribution < -0.4 is 11.5 Å². The number of benzene rings is 1. The standard InChI is InChI=1S/C10H10N4O2S/c11-7-1-3-8(4-2-7)17(15,16)9-5-6-13-10(12)14-9/h1-6H,11H2,(H2,12,13,14). The highest BCUT2D eigenvalue weighted by molar-refractivity contribution is 7.91. The number of sulfone groups is 1. The average molecular weight is 250 g/mol. The Balaban J connectivity index is 2.54. The quantitative estimate of drug-likeness (QED) is 0.592. The van der Waals surface area contributed by atoms with Gasteiger partial charge in [-0.05, 0) is 30.3 Å². The summed E-state index contributed by atoms with van der Waals surface area (Å²) in [6.07, 6.45) is 1.30. The molecule has 0 amide bonds. The van der Waals surface area contributed by atoms with Crippen molar-refractivity contribution in [1.29, 1.82) is 0 Å². The van der Waals surface area contributed by atoms with Crippen molar-refractivity contribution < 1.29 is 8.42 Å². The van der Waals surface area contributed by atoms with Gasteiger partial charge in [-0.3, -0.25) is 0 Å². The Morgan fingerprint density at radius 1 is 1.00 bits per heavy atom. The van der Waals surface area contributed by atoms with Gasteiger partial charge in [0.25, 0.3) is 0 Å². The van der Waals surface area contributed by atoms with Crippen LogP contribution in [-0.4, -0.2) is 18.4 Å². The number of nitrogens with zero attached hydrogens (tertiary/aromatic N) is 2. The zero-order valence-corrected chi connectivity index (χ0v) is 9.55. The topological polar surface area (TPSA) is 112 Å². The molecule has 0 unspecified atom stereocenters. The first kappa shape index (κ1) is 11.3. The van der Waals surface area contributed by atoms with E-state index in [1.165, 1.54) is 36.5 Å². The third-order valence-corrected chi connectivity index (χ3v) is 3.79. The second-order valence-corrected chi connectivity index (χ2v) is 5.22. The summed E-state index contributed by atoms with van der Waals surface area (Å²) in [5, 5.41) is -0.130. The lowest BCUT2D eigenvalue weighted by atomic mass is 10.3. The highest BCUT2D eigenvalue weighted by atomic mass is 32.2. The molecule has 0 fully saturated rings. The number of rotatable bonds is 2. The first-order valence-corrected chi connectivity index (χ1v) is 6.17. The summed E-state index contributed by atoms with van der Waals surface area (Å²) in [6, 6.07) is 7.16. The van der Waals surface area contributed by atoms with Crippen molar-refractivity contribution in [1.82, 2.24) is 9.97 Å². The van der Waals surface area contributed by atoms with E-state index in [4.69, 9.17) is 11.5 Å². The van der Waals surface area contributed by atoms with Crippen molar-refractivity contribution >= 4 is 21.5 Å². The lowest BCUT2D eigenvalue weighted by Crippen LogP contribution is -2.07. The van der Waals surface area contributed by atoms with Crippen molar-refractivity contribution in [2.75, 3.05) is 11.5 Å². The van der Waals surface area contributed by atoms with E-state index in [2.05, 4.69) is 9.97 Å². The summed E-state index contributed by atoms with van der Waals surface area (Å²) < 4.78 is 24.2. The van der Waals surface area contributed by atoms with Crippen LogP contribution in [0.25, 0.3) is 0 Å². The fourth-order valence-electron chi connectivity index (χ4n) is 1.27. The van der Waals surface area contributed by atoms with Crippen LogP contribution in [0.3, 0.4) is 0 Å². The molecule has 0 saturated carbocycles. The molecular formula is C10H10N4O2S. The smallest absolute Gasteiger partial charge is 0.224 e. The lowest BCUT2D eigenvalue weighted by Gasteiger charge is -2.04. The van der Waals surface area contributed by atoms with Crippen LogP contribution in [0.2, 0.25) is 0 Å². The van der Waals surface area contributed by atoms with E-state index < -0.39 is 9.84 Å². The second-order valence-electron chi connectivity index (χ2n) is 3.33. The molecule has 2 aromatic rings. The predicted octanol–water partition coefficient (Wildman–Crippen LogP) is 0.474. The molecule has 0 aliphatic carbocycles. The Labute approximate surface area is 98.2 Å². The molecule has 1 heterocycles. The summed E-state index contributed by atoms with van der Waals surface area (Å²) in [6.45, 7) is 0. The Hall–Kier alpha value is -2.15. The third-order valence-electron chi connectivity index (χ3n) is 2.11. The van der Waals surface area contributed by atoms with Crippen LogP contribution >= 0.6 is 0 Å². The van der Waals surface area contributed by atoms with Crippen molar-refractivity contribution in [3.8, 4) is 0 Å².